The van der Waals surface area contributed by atoms with Gasteiger partial charge in [-0.05, 0) is 13.0 Å². The van der Waals surface area contributed by atoms with E-state index < -0.39 is 0 Å². The molecule has 1 aromatic rings. The van der Waals surface area contributed by atoms with Crippen LogP contribution in [-0.4, -0.2) is 21.3 Å². The number of aromatic nitrogens is 2. The Bertz CT molecular complexity index is 234. The van der Waals surface area contributed by atoms with E-state index in [1.807, 2.05) is 24.0 Å². The second-order valence-corrected chi connectivity index (χ2v) is 4.23. The quantitative estimate of drug-likeness (QED) is 0.718. The zero-order chi connectivity index (χ0) is 8.97. The fraction of sp³-hybridized carbons (Fsp3) is 0.625. The van der Waals surface area contributed by atoms with Crippen molar-refractivity contribution in [2.24, 2.45) is 12.8 Å². The van der Waals surface area contributed by atoms with Gasteiger partial charge in [0.2, 0.25) is 0 Å². The first-order chi connectivity index (χ1) is 5.74. The molecule has 0 saturated heterocycles. The molecule has 0 saturated carbocycles. The van der Waals surface area contributed by atoms with Gasteiger partial charge in [-0.3, -0.25) is 0 Å². The minimum absolute atomic E-state index is 0.552. The van der Waals surface area contributed by atoms with Gasteiger partial charge in [0.1, 0.15) is 0 Å². The van der Waals surface area contributed by atoms with E-state index in [1.165, 1.54) is 0 Å². The largest absolute Gasteiger partial charge is 0.330 e. The number of aryl methyl sites for hydroxylation is 1. The Kier molecular flexibility index (Phi) is 3.62. The molecule has 1 rings (SSSR count). The van der Waals surface area contributed by atoms with Gasteiger partial charge in [-0.2, -0.15) is 0 Å². The highest BCUT2D eigenvalue weighted by molar-refractivity contribution is 7.99. The van der Waals surface area contributed by atoms with E-state index in [0.717, 1.165) is 18.1 Å². The number of nitrogens with zero attached hydrogens (tertiary/aromatic N) is 2. The molecule has 1 heterocycles. The summed E-state index contributed by atoms with van der Waals surface area (Å²) >= 11 is 1.77. The molecule has 12 heavy (non-hydrogen) atoms. The van der Waals surface area contributed by atoms with E-state index in [-0.39, 0.29) is 0 Å². The van der Waals surface area contributed by atoms with Crippen LogP contribution in [-0.2, 0) is 7.05 Å². The van der Waals surface area contributed by atoms with Crippen LogP contribution in [0.15, 0.2) is 17.6 Å². The summed E-state index contributed by atoms with van der Waals surface area (Å²) in [5.41, 5.74) is 5.46. The second kappa shape index (κ2) is 4.52. The summed E-state index contributed by atoms with van der Waals surface area (Å²) in [7, 11) is 2.00. The molecule has 0 amide bonds. The normalized spacial score (nSPS) is 13.2. The molecule has 1 atom stereocenters. The van der Waals surface area contributed by atoms with Crippen LogP contribution in [0, 0.1) is 0 Å². The van der Waals surface area contributed by atoms with Crippen molar-refractivity contribution in [1.82, 2.24) is 9.55 Å². The Morgan fingerprint density at radius 3 is 3.00 bits per heavy atom. The van der Waals surface area contributed by atoms with Crippen LogP contribution >= 0.6 is 11.8 Å². The number of hydrogen-bond donors (Lipinski definition) is 1. The Labute approximate surface area is 77.4 Å². The predicted octanol–water partition coefficient (Wildman–Crippen LogP) is 1.25. The number of thioether (sulfide) groups is 1. The minimum Gasteiger partial charge on any atom is -0.330 e. The molecule has 4 heteroatoms. The molecule has 0 bridgehead atoms. The van der Waals surface area contributed by atoms with Crippen molar-refractivity contribution in [2.75, 3.05) is 6.54 Å². The van der Waals surface area contributed by atoms with Gasteiger partial charge in [-0.1, -0.05) is 18.7 Å². The van der Waals surface area contributed by atoms with Crippen molar-refractivity contribution in [3.8, 4) is 0 Å². The van der Waals surface area contributed by atoms with Crippen molar-refractivity contribution in [1.29, 1.82) is 0 Å². The summed E-state index contributed by atoms with van der Waals surface area (Å²) in [5.74, 6) is 0. The Balaban J connectivity index is 2.46. The van der Waals surface area contributed by atoms with Crippen molar-refractivity contribution in [2.45, 2.75) is 23.8 Å². The molecular weight excluding hydrogens is 170 g/mol. The van der Waals surface area contributed by atoms with E-state index in [1.54, 1.807) is 11.8 Å². The summed E-state index contributed by atoms with van der Waals surface area (Å²) in [5, 5.41) is 1.62. The lowest BCUT2D eigenvalue weighted by Gasteiger charge is -2.08. The van der Waals surface area contributed by atoms with Gasteiger partial charge in [0, 0.05) is 24.7 Å². The van der Waals surface area contributed by atoms with Gasteiger partial charge in [-0.25, -0.2) is 4.98 Å². The van der Waals surface area contributed by atoms with Gasteiger partial charge in [0.15, 0.2) is 5.16 Å². The monoisotopic (exact) mass is 185 g/mol. The Morgan fingerprint density at radius 1 is 1.75 bits per heavy atom. The summed E-state index contributed by atoms with van der Waals surface area (Å²) in [6, 6.07) is 0. The minimum atomic E-state index is 0.552. The van der Waals surface area contributed by atoms with Crippen molar-refractivity contribution < 1.29 is 0 Å². The van der Waals surface area contributed by atoms with Gasteiger partial charge >= 0.3 is 0 Å². The van der Waals surface area contributed by atoms with Crippen LogP contribution < -0.4 is 5.73 Å². The lowest BCUT2D eigenvalue weighted by molar-refractivity contribution is 0.771. The van der Waals surface area contributed by atoms with Gasteiger partial charge in [0.25, 0.3) is 0 Å². The van der Waals surface area contributed by atoms with E-state index in [4.69, 9.17) is 5.73 Å². The fourth-order valence-electron chi connectivity index (χ4n) is 0.939. The van der Waals surface area contributed by atoms with Gasteiger partial charge in [0.05, 0.1) is 0 Å². The van der Waals surface area contributed by atoms with E-state index >= 15 is 0 Å². The second-order valence-electron chi connectivity index (χ2n) is 2.83. The number of nitrogens with two attached hydrogens (primary N) is 1. The van der Waals surface area contributed by atoms with Crippen LogP contribution in [0.5, 0.6) is 0 Å². The van der Waals surface area contributed by atoms with Crippen molar-refractivity contribution in [3.63, 3.8) is 0 Å². The highest BCUT2D eigenvalue weighted by Gasteiger charge is 2.06. The van der Waals surface area contributed by atoms with Gasteiger partial charge in [-0.15, -0.1) is 0 Å². The average Bonchev–Trinajstić information content (AvgIpc) is 2.37. The SMILES string of the molecule is CC(CCN)Sc1nccn1C. The maximum atomic E-state index is 5.46. The zero-order valence-electron chi connectivity index (χ0n) is 7.53. The molecule has 0 aliphatic carbocycles. The van der Waals surface area contributed by atoms with E-state index in [9.17, 15) is 0 Å². The first kappa shape index (κ1) is 9.61. The fourth-order valence-corrected chi connectivity index (χ4v) is 1.90. The molecular formula is C8H15N3S. The molecule has 68 valence electrons. The van der Waals surface area contributed by atoms with Crippen molar-refractivity contribution >= 4 is 11.8 Å². The van der Waals surface area contributed by atoms with E-state index in [0.29, 0.717) is 5.25 Å². The van der Waals surface area contributed by atoms with Crippen molar-refractivity contribution in [3.05, 3.63) is 12.4 Å². The maximum absolute atomic E-state index is 5.46. The average molecular weight is 185 g/mol. The Morgan fingerprint density at radius 2 is 2.50 bits per heavy atom. The highest BCUT2D eigenvalue weighted by atomic mass is 32.2. The van der Waals surface area contributed by atoms with Gasteiger partial charge < -0.3 is 10.3 Å². The molecule has 1 unspecified atom stereocenters. The molecule has 0 radical (unpaired) electrons. The Hall–Kier alpha value is -0.480. The topological polar surface area (TPSA) is 43.8 Å². The van der Waals surface area contributed by atoms with Crippen LogP contribution in [0.3, 0.4) is 0 Å². The summed E-state index contributed by atoms with van der Waals surface area (Å²) in [6.45, 7) is 2.92. The molecule has 0 spiro atoms. The summed E-state index contributed by atoms with van der Waals surface area (Å²) in [6.07, 6.45) is 4.81. The lowest BCUT2D eigenvalue weighted by Crippen LogP contribution is -2.07. The van der Waals surface area contributed by atoms with Crippen LogP contribution in [0.4, 0.5) is 0 Å². The summed E-state index contributed by atoms with van der Waals surface area (Å²) < 4.78 is 2.03. The third-order valence-corrected chi connectivity index (χ3v) is 2.90. The summed E-state index contributed by atoms with van der Waals surface area (Å²) in [4.78, 5) is 4.22. The third-order valence-electron chi connectivity index (χ3n) is 1.66. The molecule has 1 aromatic heterocycles. The molecule has 0 aromatic carbocycles. The third kappa shape index (κ3) is 2.53. The number of hydrogen-bond acceptors (Lipinski definition) is 3. The smallest absolute Gasteiger partial charge is 0.167 e. The molecule has 2 N–H and O–H groups in total. The zero-order valence-corrected chi connectivity index (χ0v) is 8.34. The first-order valence-corrected chi connectivity index (χ1v) is 4.96. The lowest BCUT2D eigenvalue weighted by atomic mass is 10.3. The molecule has 0 aliphatic rings. The van der Waals surface area contributed by atoms with Crippen LogP contribution in [0.2, 0.25) is 0 Å². The molecule has 3 nitrogen and oxygen atoms in total. The predicted molar refractivity (Wildman–Crippen MR) is 52.2 cm³/mol. The maximum Gasteiger partial charge on any atom is 0.167 e. The number of rotatable bonds is 4. The van der Waals surface area contributed by atoms with Crippen LogP contribution in [0.25, 0.3) is 0 Å². The van der Waals surface area contributed by atoms with E-state index in [2.05, 4.69) is 11.9 Å². The highest BCUT2D eigenvalue weighted by Crippen LogP contribution is 2.21. The standard InChI is InChI=1S/C8H15N3S/c1-7(3-4-9)12-8-10-5-6-11(8)2/h5-7H,3-4,9H2,1-2H3. The molecule has 0 aliphatic heterocycles. The molecule has 0 fully saturated rings. The number of imidazole rings is 1. The van der Waals surface area contributed by atoms with Crippen LogP contribution in [0.1, 0.15) is 13.3 Å². The first-order valence-electron chi connectivity index (χ1n) is 4.08.